The third kappa shape index (κ3) is 4.02. The number of nitrogens with zero attached hydrogens (tertiary/aromatic N) is 1. The Hall–Kier alpha value is -3.64. The number of carbonyl (C=O) groups excluding carboxylic acids is 2. The van der Waals surface area contributed by atoms with E-state index >= 15 is 0 Å². The van der Waals surface area contributed by atoms with Crippen molar-refractivity contribution in [2.24, 2.45) is 0 Å². The zero-order valence-corrected chi connectivity index (χ0v) is 17.4. The van der Waals surface area contributed by atoms with Gasteiger partial charge in [0.05, 0.1) is 19.7 Å². The molecule has 0 bridgehead atoms. The molecule has 2 heterocycles. The van der Waals surface area contributed by atoms with Crippen LogP contribution in [0.3, 0.4) is 0 Å². The van der Waals surface area contributed by atoms with Gasteiger partial charge in [-0.15, -0.1) is 0 Å². The highest BCUT2D eigenvalue weighted by atomic mass is 35.5. The fourth-order valence-corrected chi connectivity index (χ4v) is 3.77. The van der Waals surface area contributed by atoms with Crippen LogP contribution >= 0.6 is 11.6 Å². The summed E-state index contributed by atoms with van der Waals surface area (Å²) in [4.78, 5) is 30.3. The van der Waals surface area contributed by atoms with E-state index in [0.717, 1.165) is 5.56 Å². The molecule has 31 heavy (non-hydrogen) atoms. The first-order valence-electron chi connectivity index (χ1n) is 9.61. The summed E-state index contributed by atoms with van der Waals surface area (Å²) in [6.45, 7) is 0.177. The SMILES string of the molecule is COc1ccc(C2/C(=C(\[O-])c3ccc(Cl)cc3)C(=O)C(=O)N2Cc2ccc[nH+]c2)cc1. The van der Waals surface area contributed by atoms with Crippen LogP contribution in [0.25, 0.3) is 5.76 Å². The molecule has 1 saturated heterocycles. The monoisotopic (exact) mass is 434 g/mol. The number of carbonyl (C=O) groups is 2. The number of amides is 1. The van der Waals surface area contributed by atoms with Crippen molar-refractivity contribution in [1.82, 2.24) is 4.90 Å². The Kier molecular flexibility index (Phi) is 5.73. The first-order chi connectivity index (χ1) is 15.0. The zero-order valence-electron chi connectivity index (χ0n) is 16.7. The molecule has 3 aromatic rings. The minimum absolute atomic E-state index is 0.0719. The normalized spacial score (nSPS) is 17.7. The summed E-state index contributed by atoms with van der Waals surface area (Å²) in [6.07, 6.45) is 3.50. The highest BCUT2D eigenvalue weighted by Crippen LogP contribution is 2.40. The molecule has 6 nitrogen and oxygen atoms in total. The van der Waals surface area contributed by atoms with Gasteiger partial charge in [0, 0.05) is 22.2 Å². The molecule has 0 saturated carbocycles. The van der Waals surface area contributed by atoms with Gasteiger partial charge in [-0.2, -0.15) is 0 Å². The number of Topliss-reactive ketones (excluding diaryl/α,β-unsaturated/α-hetero) is 1. The van der Waals surface area contributed by atoms with Gasteiger partial charge in [0.2, 0.25) is 5.78 Å². The lowest BCUT2D eigenvalue weighted by molar-refractivity contribution is -0.378. The van der Waals surface area contributed by atoms with E-state index in [2.05, 4.69) is 4.98 Å². The van der Waals surface area contributed by atoms with Crippen molar-refractivity contribution in [2.45, 2.75) is 12.6 Å². The molecule has 7 heteroatoms. The van der Waals surface area contributed by atoms with E-state index in [0.29, 0.717) is 21.9 Å². The van der Waals surface area contributed by atoms with Crippen molar-refractivity contribution in [1.29, 1.82) is 0 Å². The molecule has 1 fully saturated rings. The molecule has 1 amide bonds. The van der Waals surface area contributed by atoms with Gasteiger partial charge >= 0.3 is 0 Å². The number of benzene rings is 2. The van der Waals surface area contributed by atoms with Crippen LogP contribution in [0.15, 0.2) is 78.6 Å². The first kappa shape index (κ1) is 20.6. The Balaban J connectivity index is 1.85. The number of rotatable bonds is 5. The predicted molar refractivity (Wildman–Crippen MR) is 113 cm³/mol. The van der Waals surface area contributed by atoms with E-state index in [-0.39, 0.29) is 12.1 Å². The van der Waals surface area contributed by atoms with E-state index in [4.69, 9.17) is 16.3 Å². The quantitative estimate of drug-likeness (QED) is 0.351. The summed E-state index contributed by atoms with van der Waals surface area (Å²) in [7, 11) is 1.55. The van der Waals surface area contributed by atoms with Gasteiger partial charge in [-0.25, -0.2) is 4.98 Å². The summed E-state index contributed by atoms with van der Waals surface area (Å²) >= 11 is 5.93. The smallest absolute Gasteiger partial charge is 0.295 e. The van der Waals surface area contributed by atoms with Crippen molar-refractivity contribution >= 4 is 29.1 Å². The van der Waals surface area contributed by atoms with Crippen LogP contribution in [0.4, 0.5) is 0 Å². The number of aromatic amines is 1. The number of methoxy groups -OCH3 is 1. The Morgan fingerprint density at radius 2 is 1.81 bits per heavy atom. The Bertz CT molecular complexity index is 1140. The molecule has 1 aromatic heterocycles. The van der Waals surface area contributed by atoms with E-state index < -0.39 is 23.5 Å². The molecule has 1 unspecified atom stereocenters. The van der Waals surface area contributed by atoms with Gasteiger partial charge in [0.25, 0.3) is 5.91 Å². The number of ketones is 1. The minimum atomic E-state index is -0.811. The number of pyridine rings is 1. The number of nitrogens with one attached hydrogen (secondary N) is 1. The van der Waals surface area contributed by atoms with E-state index in [9.17, 15) is 14.7 Å². The molecule has 4 rings (SSSR count). The standard InChI is InChI=1S/C24H19ClN2O4/c1-31-19-10-6-16(7-11-19)21-20(22(28)17-4-8-18(25)9-5-17)23(29)24(30)27(21)14-15-3-2-12-26-13-15/h2-13,21,28H,14H2,1H3/b22-20+. The Morgan fingerprint density at radius 1 is 1.10 bits per heavy atom. The van der Waals surface area contributed by atoms with Gasteiger partial charge in [0.1, 0.15) is 5.75 Å². The van der Waals surface area contributed by atoms with Crippen LogP contribution in [-0.4, -0.2) is 23.7 Å². The second-order valence-corrected chi connectivity index (χ2v) is 7.54. The van der Waals surface area contributed by atoms with Crippen LogP contribution in [0.5, 0.6) is 5.75 Å². The lowest BCUT2D eigenvalue weighted by Crippen LogP contribution is -2.29. The summed E-state index contributed by atoms with van der Waals surface area (Å²) in [6, 6.07) is 16.1. The van der Waals surface area contributed by atoms with Crippen molar-refractivity contribution < 1.29 is 24.4 Å². The average molecular weight is 435 g/mol. The number of hydrogen-bond acceptors (Lipinski definition) is 4. The molecule has 0 spiro atoms. The van der Waals surface area contributed by atoms with E-state index in [1.54, 1.807) is 68.0 Å². The number of hydrogen-bond donors (Lipinski definition) is 0. The van der Waals surface area contributed by atoms with Crippen LogP contribution in [-0.2, 0) is 16.1 Å². The van der Waals surface area contributed by atoms with Crippen LogP contribution < -0.4 is 14.8 Å². The molecule has 1 atom stereocenters. The van der Waals surface area contributed by atoms with Gasteiger partial charge < -0.3 is 14.7 Å². The van der Waals surface area contributed by atoms with Crippen molar-refractivity contribution in [2.75, 3.05) is 7.11 Å². The van der Waals surface area contributed by atoms with Gasteiger partial charge in [-0.1, -0.05) is 41.6 Å². The van der Waals surface area contributed by atoms with Crippen LogP contribution in [0, 0.1) is 0 Å². The molecular formula is C24H19ClN2O4. The molecular weight excluding hydrogens is 416 g/mol. The highest BCUT2D eigenvalue weighted by molar-refractivity contribution is 6.46. The first-order valence-corrected chi connectivity index (χ1v) is 9.98. The summed E-state index contributed by atoms with van der Waals surface area (Å²) in [5, 5.41) is 13.8. The number of halogens is 1. The van der Waals surface area contributed by atoms with Gasteiger partial charge in [-0.3, -0.25) is 9.59 Å². The van der Waals surface area contributed by atoms with E-state index in [1.807, 2.05) is 12.1 Å². The molecule has 1 N–H and O–H groups in total. The van der Waals surface area contributed by atoms with E-state index in [1.165, 1.54) is 4.90 Å². The summed E-state index contributed by atoms with van der Waals surface area (Å²) in [5.74, 6) is -1.35. The van der Waals surface area contributed by atoms with Gasteiger partial charge in [0.15, 0.2) is 12.4 Å². The average Bonchev–Trinajstić information content (AvgIpc) is 3.05. The third-order valence-corrected chi connectivity index (χ3v) is 5.44. The Labute approximate surface area is 184 Å². The fourth-order valence-electron chi connectivity index (χ4n) is 3.65. The zero-order chi connectivity index (χ0) is 22.0. The molecule has 0 aliphatic carbocycles. The summed E-state index contributed by atoms with van der Waals surface area (Å²) in [5.41, 5.74) is 1.69. The molecule has 0 radical (unpaired) electrons. The molecule has 2 aromatic carbocycles. The largest absolute Gasteiger partial charge is 0.872 e. The number of ether oxygens (including phenoxy) is 1. The second kappa shape index (κ2) is 8.62. The van der Waals surface area contributed by atoms with Crippen molar-refractivity contribution in [3.8, 4) is 5.75 Å². The predicted octanol–water partition coefficient (Wildman–Crippen LogP) is 2.59. The highest BCUT2D eigenvalue weighted by Gasteiger charge is 2.44. The van der Waals surface area contributed by atoms with Crippen molar-refractivity contribution in [3.63, 3.8) is 0 Å². The maximum absolute atomic E-state index is 13.3. The fraction of sp³-hybridized carbons (Fsp3) is 0.125. The maximum atomic E-state index is 13.3. The van der Waals surface area contributed by atoms with Crippen LogP contribution in [0.1, 0.15) is 22.7 Å². The van der Waals surface area contributed by atoms with Gasteiger partial charge in [-0.05, 0) is 41.5 Å². The lowest BCUT2D eigenvalue weighted by atomic mass is 9.95. The molecule has 1 aliphatic heterocycles. The number of H-pyrrole nitrogens is 1. The minimum Gasteiger partial charge on any atom is -0.872 e. The molecule has 156 valence electrons. The summed E-state index contributed by atoms with van der Waals surface area (Å²) < 4.78 is 5.21. The Morgan fingerprint density at radius 3 is 2.42 bits per heavy atom. The van der Waals surface area contributed by atoms with Crippen molar-refractivity contribution in [3.05, 3.63) is 100 Å². The topological polar surface area (TPSA) is 83.8 Å². The second-order valence-electron chi connectivity index (χ2n) is 7.10. The molecule has 1 aliphatic rings. The maximum Gasteiger partial charge on any atom is 0.295 e. The lowest BCUT2D eigenvalue weighted by Gasteiger charge is -2.27. The van der Waals surface area contributed by atoms with Crippen LogP contribution in [0.2, 0.25) is 5.02 Å². The third-order valence-electron chi connectivity index (χ3n) is 5.19. The number of aromatic nitrogens is 1. The number of likely N-dealkylation sites (tertiary alicyclic amines) is 1.